The van der Waals surface area contributed by atoms with Crippen LogP contribution in [0.5, 0.6) is 0 Å². The summed E-state index contributed by atoms with van der Waals surface area (Å²) in [4.78, 5) is 29.3. The molecule has 4 rings (SSSR count). The SMILES string of the molecule is O=C(CC1C(=O)N(c2ccc(Cl)cc2)C(=S)N1Cc1ccc(Cl)cc1)Nc1ccc(F)cc1. The van der Waals surface area contributed by atoms with E-state index in [2.05, 4.69) is 5.32 Å². The first-order chi connectivity index (χ1) is 15.8. The van der Waals surface area contributed by atoms with Crippen LogP contribution < -0.4 is 10.2 Å². The van der Waals surface area contributed by atoms with Gasteiger partial charge < -0.3 is 10.2 Å². The third-order valence-corrected chi connectivity index (χ3v) is 6.10. The summed E-state index contributed by atoms with van der Waals surface area (Å²) in [5.74, 6) is -1.11. The molecule has 1 aliphatic heterocycles. The largest absolute Gasteiger partial charge is 0.332 e. The minimum absolute atomic E-state index is 0.131. The molecule has 2 amide bonds. The molecular formula is C24H18Cl2FN3O2S. The fourth-order valence-corrected chi connectivity index (χ4v) is 4.19. The molecule has 9 heteroatoms. The normalized spacial score (nSPS) is 15.8. The standard InChI is InChI=1S/C24H18Cl2FN3O2S/c25-16-3-1-15(2-4-16)14-29-21(13-22(31)28-19-9-7-18(27)8-10-19)23(32)30(24(29)33)20-11-5-17(26)6-12-20/h1-12,21H,13-14H2,(H,28,31). The Bertz CT molecular complexity index is 1190. The average Bonchev–Trinajstić information content (AvgIpc) is 3.01. The van der Waals surface area contributed by atoms with Crippen LogP contribution in [0.15, 0.2) is 72.8 Å². The Balaban J connectivity index is 1.59. The van der Waals surface area contributed by atoms with Crippen molar-refractivity contribution in [3.63, 3.8) is 0 Å². The average molecular weight is 502 g/mol. The fraction of sp³-hybridized carbons (Fsp3) is 0.125. The summed E-state index contributed by atoms with van der Waals surface area (Å²) in [7, 11) is 0. The molecule has 1 aliphatic rings. The fourth-order valence-electron chi connectivity index (χ4n) is 3.55. The number of carbonyl (C=O) groups excluding carboxylic acids is 2. The number of thiocarbonyl (C=S) groups is 1. The summed E-state index contributed by atoms with van der Waals surface area (Å²) in [6, 6.07) is 18.5. The van der Waals surface area contributed by atoms with E-state index >= 15 is 0 Å². The molecule has 33 heavy (non-hydrogen) atoms. The number of rotatable bonds is 6. The predicted molar refractivity (Wildman–Crippen MR) is 132 cm³/mol. The molecule has 1 heterocycles. The lowest BCUT2D eigenvalue weighted by molar-refractivity contribution is -0.124. The molecule has 0 spiro atoms. The van der Waals surface area contributed by atoms with Gasteiger partial charge in [0, 0.05) is 22.3 Å². The van der Waals surface area contributed by atoms with E-state index < -0.39 is 11.9 Å². The van der Waals surface area contributed by atoms with Crippen LogP contribution in [-0.4, -0.2) is 27.9 Å². The van der Waals surface area contributed by atoms with E-state index in [0.29, 0.717) is 28.0 Å². The summed E-state index contributed by atoms with van der Waals surface area (Å²) in [6.45, 7) is 0.320. The van der Waals surface area contributed by atoms with Gasteiger partial charge in [-0.3, -0.25) is 14.5 Å². The van der Waals surface area contributed by atoms with Gasteiger partial charge in [0.15, 0.2) is 5.11 Å². The van der Waals surface area contributed by atoms with Crippen molar-refractivity contribution in [1.82, 2.24) is 4.90 Å². The lowest BCUT2D eigenvalue weighted by Crippen LogP contribution is -2.37. The molecule has 0 aliphatic carbocycles. The Labute approximate surface area is 205 Å². The van der Waals surface area contributed by atoms with E-state index in [1.165, 1.54) is 29.2 Å². The first kappa shape index (κ1) is 23.2. The second kappa shape index (κ2) is 9.87. The molecule has 3 aromatic carbocycles. The van der Waals surface area contributed by atoms with Crippen molar-refractivity contribution in [2.45, 2.75) is 19.0 Å². The first-order valence-electron chi connectivity index (χ1n) is 10.0. The third-order valence-electron chi connectivity index (χ3n) is 5.18. The van der Waals surface area contributed by atoms with Crippen molar-refractivity contribution in [1.29, 1.82) is 0 Å². The number of anilines is 2. The zero-order valence-electron chi connectivity index (χ0n) is 17.2. The summed E-state index contributed by atoms with van der Waals surface area (Å²) in [6.07, 6.45) is -0.131. The number of halogens is 3. The smallest absolute Gasteiger partial charge is 0.256 e. The van der Waals surface area contributed by atoms with Crippen LogP contribution >= 0.6 is 35.4 Å². The summed E-state index contributed by atoms with van der Waals surface area (Å²) >= 11 is 17.6. The summed E-state index contributed by atoms with van der Waals surface area (Å²) in [5, 5.41) is 4.12. The summed E-state index contributed by atoms with van der Waals surface area (Å²) < 4.78 is 13.2. The third kappa shape index (κ3) is 5.33. The number of hydrogen-bond donors (Lipinski definition) is 1. The molecule has 1 unspecified atom stereocenters. The molecule has 0 saturated carbocycles. The molecule has 1 saturated heterocycles. The summed E-state index contributed by atoms with van der Waals surface area (Å²) in [5.41, 5.74) is 1.89. The van der Waals surface area contributed by atoms with Crippen molar-refractivity contribution < 1.29 is 14.0 Å². The first-order valence-corrected chi connectivity index (χ1v) is 11.2. The molecule has 0 radical (unpaired) electrons. The molecule has 5 nitrogen and oxygen atoms in total. The maximum absolute atomic E-state index is 13.4. The zero-order chi connectivity index (χ0) is 23.5. The second-order valence-corrected chi connectivity index (χ2v) is 8.70. The highest BCUT2D eigenvalue weighted by molar-refractivity contribution is 7.80. The number of hydrogen-bond acceptors (Lipinski definition) is 3. The van der Waals surface area contributed by atoms with Crippen molar-refractivity contribution in [2.24, 2.45) is 0 Å². The lowest BCUT2D eigenvalue weighted by Gasteiger charge is -2.24. The van der Waals surface area contributed by atoms with Crippen LogP contribution in [0.3, 0.4) is 0 Å². The van der Waals surface area contributed by atoms with Gasteiger partial charge in [-0.05, 0) is 78.4 Å². The topological polar surface area (TPSA) is 52.7 Å². The number of benzene rings is 3. The van der Waals surface area contributed by atoms with Crippen LogP contribution in [0.2, 0.25) is 10.0 Å². The Hall–Kier alpha value is -3.00. The van der Waals surface area contributed by atoms with E-state index in [-0.39, 0.29) is 23.3 Å². The van der Waals surface area contributed by atoms with Crippen molar-refractivity contribution in [2.75, 3.05) is 10.2 Å². The van der Waals surface area contributed by atoms with Crippen molar-refractivity contribution >= 4 is 63.7 Å². The maximum Gasteiger partial charge on any atom is 0.256 e. The monoisotopic (exact) mass is 501 g/mol. The van der Waals surface area contributed by atoms with Gasteiger partial charge in [-0.15, -0.1) is 0 Å². The van der Waals surface area contributed by atoms with Gasteiger partial charge in [-0.25, -0.2) is 4.39 Å². The molecular weight excluding hydrogens is 484 g/mol. The molecule has 168 valence electrons. The van der Waals surface area contributed by atoms with Gasteiger partial charge in [0.1, 0.15) is 11.9 Å². The van der Waals surface area contributed by atoms with Gasteiger partial charge in [0.25, 0.3) is 5.91 Å². The minimum Gasteiger partial charge on any atom is -0.332 e. The number of carbonyl (C=O) groups is 2. The maximum atomic E-state index is 13.4. The van der Waals surface area contributed by atoms with Crippen LogP contribution in [-0.2, 0) is 16.1 Å². The highest BCUT2D eigenvalue weighted by atomic mass is 35.5. The van der Waals surface area contributed by atoms with Gasteiger partial charge in [0.2, 0.25) is 5.91 Å². The minimum atomic E-state index is -0.815. The van der Waals surface area contributed by atoms with Crippen LogP contribution in [0.25, 0.3) is 0 Å². The number of nitrogens with one attached hydrogen (secondary N) is 1. The Kier molecular flexibility index (Phi) is 6.93. The van der Waals surface area contributed by atoms with Crippen LogP contribution in [0.1, 0.15) is 12.0 Å². The Morgan fingerprint density at radius 2 is 1.52 bits per heavy atom. The van der Waals surface area contributed by atoms with Gasteiger partial charge >= 0.3 is 0 Å². The van der Waals surface area contributed by atoms with E-state index in [1.807, 2.05) is 12.1 Å². The molecule has 1 fully saturated rings. The molecule has 3 aromatic rings. The number of nitrogens with zero attached hydrogens (tertiary/aromatic N) is 2. The highest BCUT2D eigenvalue weighted by Crippen LogP contribution is 2.30. The molecule has 1 N–H and O–H groups in total. The van der Waals surface area contributed by atoms with Crippen molar-refractivity contribution in [3.05, 3.63) is 94.2 Å². The Morgan fingerprint density at radius 3 is 2.12 bits per heavy atom. The van der Waals surface area contributed by atoms with E-state index in [4.69, 9.17) is 35.4 Å². The van der Waals surface area contributed by atoms with E-state index in [1.54, 1.807) is 41.3 Å². The zero-order valence-corrected chi connectivity index (χ0v) is 19.5. The van der Waals surface area contributed by atoms with Crippen molar-refractivity contribution in [3.8, 4) is 0 Å². The molecule has 0 aromatic heterocycles. The quantitative estimate of drug-likeness (QED) is 0.442. The van der Waals surface area contributed by atoms with Crippen LogP contribution in [0, 0.1) is 5.82 Å². The molecule has 0 bridgehead atoms. The van der Waals surface area contributed by atoms with Crippen LogP contribution in [0.4, 0.5) is 15.8 Å². The van der Waals surface area contributed by atoms with E-state index in [9.17, 15) is 14.0 Å². The predicted octanol–water partition coefficient (Wildman–Crippen LogP) is 5.66. The van der Waals surface area contributed by atoms with Gasteiger partial charge in [-0.2, -0.15) is 0 Å². The Morgan fingerprint density at radius 1 is 0.939 bits per heavy atom. The van der Waals surface area contributed by atoms with Gasteiger partial charge in [-0.1, -0.05) is 35.3 Å². The van der Waals surface area contributed by atoms with E-state index in [0.717, 1.165) is 5.56 Å². The van der Waals surface area contributed by atoms with Gasteiger partial charge in [0.05, 0.1) is 12.1 Å². The lowest BCUT2D eigenvalue weighted by atomic mass is 10.1. The molecule has 1 atom stereocenters. The highest BCUT2D eigenvalue weighted by Gasteiger charge is 2.44. The second-order valence-electron chi connectivity index (χ2n) is 7.46. The number of amides is 2.